The molecule has 180 valence electrons. The number of thioether (sulfide) groups is 1. The lowest BCUT2D eigenvalue weighted by molar-refractivity contribution is -0.118. The Morgan fingerprint density at radius 2 is 1.80 bits per heavy atom. The minimum atomic E-state index is -0.468. The third-order valence-corrected chi connectivity index (χ3v) is 7.20. The molecule has 1 aromatic heterocycles. The van der Waals surface area contributed by atoms with E-state index in [1.807, 2.05) is 61.5 Å². The fraction of sp³-hybridized carbons (Fsp3) is 0.321. The van der Waals surface area contributed by atoms with E-state index >= 15 is 0 Å². The van der Waals surface area contributed by atoms with Crippen molar-refractivity contribution in [1.82, 2.24) is 9.97 Å². The van der Waals surface area contributed by atoms with Crippen molar-refractivity contribution < 1.29 is 9.53 Å². The second-order valence-corrected chi connectivity index (χ2v) is 11.1. The minimum Gasteiger partial charge on any atom is -0.489 e. The molecular weight excluding hydrogens is 458 g/mol. The van der Waals surface area contributed by atoms with Gasteiger partial charge in [-0.15, -0.1) is 0 Å². The number of nitrogens with one attached hydrogen (secondary N) is 2. The third kappa shape index (κ3) is 4.78. The molecule has 35 heavy (non-hydrogen) atoms. The van der Waals surface area contributed by atoms with Gasteiger partial charge in [0, 0.05) is 23.6 Å². The van der Waals surface area contributed by atoms with E-state index in [1.54, 1.807) is 0 Å². The summed E-state index contributed by atoms with van der Waals surface area (Å²) in [6, 6.07) is 17.7. The van der Waals surface area contributed by atoms with Gasteiger partial charge in [-0.05, 0) is 40.8 Å². The van der Waals surface area contributed by atoms with Gasteiger partial charge in [0.25, 0.3) is 5.56 Å². The van der Waals surface area contributed by atoms with Crippen molar-refractivity contribution in [2.45, 2.75) is 51.3 Å². The number of aromatic nitrogens is 2. The highest BCUT2D eigenvalue weighted by molar-refractivity contribution is 7.99. The summed E-state index contributed by atoms with van der Waals surface area (Å²) in [5.74, 6) is 1.69. The Hall–Kier alpha value is -3.32. The van der Waals surface area contributed by atoms with E-state index in [4.69, 9.17) is 9.72 Å². The predicted octanol–water partition coefficient (Wildman–Crippen LogP) is 5.66. The van der Waals surface area contributed by atoms with Gasteiger partial charge in [0.2, 0.25) is 0 Å². The molecule has 7 heteroatoms. The quantitative estimate of drug-likeness (QED) is 0.345. The Morgan fingerprint density at radius 1 is 1.06 bits per heavy atom. The first-order chi connectivity index (χ1) is 16.8. The van der Waals surface area contributed by atoms with Crippen molar-refractivity contribution in [2.24, 2.45) is 5.41 Å². The van der Waals surface area contributed by atoms with Gasteiger partial charge in [0.15, 0.2) is 10.9 Å². The van der Waals surface area contributed by atoms with Crippen LogP contribution >= 0.6 is 11.8 Å². The smallest absolute Gasteiger partial charge is 0.257 e. The van der Waals surface area contributed by atoms with Gasteiger partial charge in [-0.2, -0.15) is 0 Å². The molecule has 2 aliphatic rings. The Labute approximate surface area is 209 Å². The van der Waals surface area contributed by atoms with Crippen molar-refractivity contribution in [2.75, 3.05) is 11.1 Å². The number of ketones is 1. The summed E-state index contributed by atoms with van der Waals surface area (Å²) in [5, 5.41) is 3.94. The topological polar surface area (TPSA) is 84.1 Å². The van der Waals surface area contributed by atoms with E-state index in [9.17, 15) is 9.59 Å². The number of carbonyl (C=O) groups excluding carboxylic acids is 1. The van der Waals surface area contributed by atoms with E-state index in [-0.39, 0.29) is 16.8 Å². The maximum atomic E-state index is 13.4. The normalized spacial score (nSPS) is 18.5. The van der Waals surface area contributed by atoms with Crippen LogP contribution < -0.4 is 15.6 Å². The molecule has 0 spiro atoms. The lowest BCUT2D eigenvalue weighted by atomic mass is 9.69. The van der Waals surface area contributed by atoms with Crippen LogP contribution in [0.5, 0.6) is 5.75 Å². The Balaban J connectivity index is 1.53. The van der Waals surface area contributed by atoms with Crippen molar-refractivity contribution in [3.05, 3.63) is 92.9 Å². The number of benzene rings is 2. The lowest BCUT2D eigenvalue weighted by Crippen LogP contribution is -2.37. The molecule has 0 radical (unpaired) electrons. The van der Waals surface area contributed by atoms with Crippen LogP contribution in [0.1, 0.15) is 56.2 Å². The summed E-state index contributed by atoms with van der Waals surface area (Å²) in [6.07, 6.45) is 1.18. The average Bonchev–Trinajstić information content (AvgIpc) is 2.82. The number of aromatic amines is 1. The second kappa shape index (κ2) is 9.38. The summed E-state index contributed by atoms with van der Waals surface area (Å²) in [4.78, 5) is 34.3. The summed E-state index contributed by atoms with van der Waals surface area (Å²) in [5.41, 5.74) is 3.65. The number of hydrogen-bond donors (Lipinski definition) is 2. The maximum Gasteiger partial charge on any atom is 0.257 e. The van der Waals surface area contributed by atoms with Crippen molar-refractivity contribution in [3.8, 4) is 5.75 Å². The number of nitrogens with zero attached hydrogens (tertiary/aromatic N) is 1. The van der Waals surface area contributed by atoms with Crippen molar-refractivity contribution >= 4 is 23.4 Å². The van der Waals surface area contributed by atoms with Crippen LogP contribution in [-0.4, -0.2) is 21.5 Å². The van der Waals surface area contributed by atoms with Crippen molar-refractivity contribution in [1.29, 1.82) is 0 Å². The van der Waals surface area contributed by atoms with E-state index in [2.05, 4.69) is 24.1 Å². The zero-order chi connectivity index (χ0) is 24.6. The number of H-pyrrole nitrogens is 1. The standard InChI is InChI=1S/C28H29N3O3S/c1-4-35-27-30-25-24(26(33)31-27)22(23-20(29-25)14-28(2,3)15-21(23)32)18-10-12-19(13-11-18)34-16-17-8-6-5-7-9-17/h5-13,22H,4,14-16H2,1-3H3,(H2,29,30,31,33)/t22-/m0/s1. The number of hydrogen-bond acceptors (Lipinski definition) is 6. The van der Waals surface area contributed by atoms with Gasteiger partial charge in [-0.3, -0.25) is 9.59 Å². The third-order valence-electron chi connectivity index (χ3n) is 6.44. The van der Waals surface area contributed by atoms with Crippen LogP contribution in [0.2, 0.25) is 0 Å². The monoisotopic (exact) mass is 487 g/mol. The first-order valence-electron chi connectivity index (χ1n) is 11.9. The number of anilines is 1. The second-order valence-electron chi connectivity index (χ2n) is 9.80. The van der Waals surface area contributed by atoms with Crippen LogP contribution in [0.4, 0.5) is 5.82 Å². The zero-order valence-corrected chi connectivity index (χ0v) is 21.0. The molecule has 0 saturated heterocycles. The summed E-state index contributed by atoms with van der Waals surface area (Å²) >= 11 is 1.49. The molecule has 1 aliphatic heterocycles. The van der Waals surface area contributed by atoms with Gasteiger partial charge >= 0.3 is 0 Å². The highest BCUT2D eigenvalue weighted by Gasteiger charge is 2.42. The molecule has 2 N–H and O–H groups in total. The number of rotatable bonds is 6. The molecule has 6 nitrogen and oxygen atoms in total. The fourth-order valence-corrected chi connectivity index (χ4v) is 5.52. The number of carbonyl (C=O) groups is 1. The van der Waals surface area contributed by atoms with Gasteiger partial charge in [-0.25, -0.2) is 4.98 Å². The van der Waals surface area contributed by atoms with Crippen LogP contribution in [-0.2, 0) is 11.4 Å². The van der Waals surface area contributed by atoms with E-state index in [0.29, 0.717) is 35.1 Å². The molecule has 0 bridgehead atoms. The van der Waals surface area contributed by atoms with Crippen LogP contribution in [0.3, 0.4) is 0 Å². The highest BCUT2D eigenvalue weighted by atomic mass is 32.2. The Bertz CT molecular complexity index is 1340. The number of fused-ring (bicyclic) bond motifs is 1. The first-order valence-corrected chi connectivity index (χ1v) is 12.9. The molecule has 1 atom stereocenters. The van der Waals surface area contributed by atoms with E-state index in [0.717, 1.165) is 34.7 Å². The SMILES string of the molecule is CCSc1nc2c(c(=O)[nH]1)[C@@H](c1ccc(OCc3ccccc3)cc1)C1=C(CC(C)(C)CC1=O)N2. The lowest BCUT2D eigenvalue weighted by Gasteiger charge is -2.38. The summed E-state index contributed by atoms with van der Waals surface area (Å²) < 4.78 is 5.95. The number of ether oxygens (including phenoxy) is 1. The molecular formula is C28H29N3O3S. The van der Waals surface area contributed by atoms with Crippen LogP contribution in [0, 0.1) is 5.41 Å². The number of allylic oxidation sites excluding steroid dienone is 2. The number of Topliss-reactive ketones (excluding diaryl/α,β-unsaturated/α-hetero) is 1. The molecule has 2 aromatic carbocycles. The Kier molecular flexibility index (Phi) is 6.28. The first kappa shape index (κ1) is 23.4. The van der Waals surface area contributed by atoms with Gasteiger partial charge in [0.05, 0.1) is 5.56 Å². The summed E-state index contributed by atoms with van der Waals surface area (Å²) in [6.45, 7) is 6.69. The molecule has 0 unspecified atom stereocenters. The Morgan fingerprint density at radius 3 is 2.51 bits per heavy atom. The van der Waals surface area contributed by atoms with Gasteiger partial charge in [-0.1, -0.05) is 75.0 Å². The fourth-order valence-electron chi connectivity index (χ4n) is 4.93. The van der Waals surface area contributed by atoms with Crippen LogP contribution in [0.25, 0.3) is 0 Å². The van der Waals surface area contributed by atoms with Gasteiger partial charge in [0.1, 0.15) is 18.2 Å². The molecule has 0 amide bonds. The highest BCUT2D eigenvalue weighted by Crippen LogP contribution is 2.47. The molecule has 5 rings (SSSR count). The zero-order valence-electron chi connectivity index (χ0n) is 20.2. The van der Waals surface area contributed by atoms with Gasteiger partial charge < -0.3 is 15.0 Å². The predicted molar refractivity (Wildman–Crippen MR) is 139 cm³/mol. The largest absolute Gasteiger partial charge is 0.489 e. The summed E-state index contributed by atoms with van der Waals surface area (Å²) in [7, 11) is 0. The van der Waals surface area contributed by atoms with Crippen LogP contribution in [0.15, 0.2) is 75.8 Å². The molecule has 2 heterocycles. The van der Waals surface area contributed by atoms with E-state index in [1.165, 1.54) is 11.8 Å². The van der Waals surface area contributed by atoms with E-state index < -0.39 is 5.92 Å². The minimum absolute atomic E-state index is 0.0789. The van der Waals surface area contributed by atoms with Crippen molar-refractivity contribution in [3.63, 3.8) is 0 Å². The average molecular weight is 488 g/mol. The molecule has 3 aromatic rings. The molecule has 0 saturated carbocycles. The maximum absolute atomic E-state index is 13.4. The molecule has 0 fully saturated rings. The molecule has 1 aliphatic carbocycles.